The van der Waals surface area contributed by atoms with Gasteiger partial charge in [-0.2, -0.15) is 0 Å². The quantitative estimate of drug-likeness (QED) is 0.359. The van der Waals surface area contributed by atoms with Crippen LogP contribution in [-0.4, -0.2) is 62.0 Å². The molecule has 0 aromatic carbocycles. The van der Waals surface area contributed by atoms with Crippen molar-refractivity contribution in [1.82, 2.24) is 0 Å². The number of hydrogen-bond acceptors (Lipinski definition) is 5. The normalized spacial score (nSPS) is 8.00. The molecule has 0 atom stereocenters. The minimum atomic E-state index is -1.36. The van der Waals surface area contributed by atoms with Gasteiger partial charge in [-0.3, -0.25) is 0 Å². The van der Waals surface area contributed by atoms with Gasteiger partial charge >= 0.3 is 37.7 Å². The Morgan fingerprint density at radius 1 is 1.40 bits per heavy atom. The van der Waals surface area contributed by atoms with Gasteiger partial charge in [0.05, 0.1) is 19.2 Å². The summed E-state index contributed by atoms with van der Waals surface area (Å²) in [4.78, 5) is 19.5. The molecule has 0 radical (unpaired) electrons. The Bertz CT molecular complexity index is 112. The van der Waals surface area contributed by atoms with Gasteiger partial charge in [-0.05, 0) is 0 Å². The first-order valence-electron chi connectivity index (χ1n) is 2.10. The number of carboxylic acids is 1. The van der Waals surface area contributed by atoms with Crippen LogP contribution in [0.25, 0.3) is 0 Å². The summed E-state index contributed by atoms with van der Waals surface area (Å²) in [6, 6.07) is 0. The third kappa shape index (κ3) is 11.4. The molecule has 0 unspecified atom stereocenters. The predicted octanol–water partition coefficient (Wildman–Crippen LogP) is -2.55. The Balaban J connectivity index is 0. The van der Waals surface area contributed by atoms with Crippen LogP contribution in [0, 0.1) is 0 Å². The maximum atomic E-state index is 9.90. The summed E-state index contributed by atoms with van der Waals surface area (Å²) in [7, 11) is 0. The number of carbonyl (C=O) groups excluding carboxylic acids is 2. The second-order valence-corrected chi connectivity index (χ2v) is 1.69. The minimum absolute atomic E-state index is 0. The van der Waals surface area contributed by atoms with Crippen LogP contribution in [0.2, 0.25) is 0 Å². The summed E-state index contributed by atoms with van der Waals surface area (Å²) in [5.41, 5.74) is 0. The number of hydrogen-bond donors (Lipinski definition) is 0. The van der Waals surface area contributed by atoms with Crippen molar-refractivity contribution < 1.29 is 19.4 Å². The molecule has 0 N–H and O–H groups in total. The van der Waals surface area contributed by atoms with E-state index in [2.05, 4.69) is 17.4 Å². The first-order valence-corrected chi connectivity index (χ1v) is 2.51. The van der Waals surface area contributed by atoms with E-state index in [9.17, 15) is 14.7 Å². The Hall–Kier alpha value is 0.580. The van der Waals surface area contributed by atoms with Crippen LogP contribution in [-0.2, 0) is 27.0 Å². The van der Waals surface area contributed by atoms with Crippen molar-refractivity contribution in [3.05, 3.63) is 0 Å². The smallest absolute Gasteiger partial charge is 0.740 e. The number of carboxylic acid groups (broad SMARTS) is 1. The van der Waals surface area contributed by atoms with Gasteiger partial charge < -0.3 is 32.1 Å². The van der Waals surface area contributed by atoms with Gasteiger partial charge in [-0.25, -0.2) is 0 Å². The Morgan fingerprint density at radius 3 is 2.20 bits per heavy atom. The van der Waals surface area contributed by atoms with E-state index >= 15 is 0 Å². The number of carbonyl (C=O) groups is 2. The van der Waals surface area contributed by atoms with Crippen LogP contribution in [0.15, 0.2) is 0 Å². The second-order valence-electron chi connectivity index (χ2n) is 1.24. The molecule has 0 amide bonds. The molecule has 0 aromatic rings. The number of ether oxygens (including phenoxy) is 1. The predicted molar refractivity (Wildman–Crippen MR) is 34.0 cm³/mol. The average molecular weight is 188 g/mol. The summed E-state index contributed by atoms with van der Waals surface area (Å²) in [5, 5.41) is 8.98. The molecule has 0 heterocycles. The molecule has 0 aliphatic carbocycles. The molecule has 0 saturated carbocycles. The van der Waals surface area contributed by atoms with Crippen LogP contribution in [0.4, 0.5) is 0 Å². The summed E-state index contributed by atoms with van der Waals surface area (Å²) in [6.45, 7) is -0.925. The maximum absolute atomic E-state index is 9.90. The van der Waals surface area contributed by atoms with Crippen LogP contribution < -0.4 is 5.11 Å². The van der Waals surface area contributed by atoms with Gasteiger partial charge in [0.15, 0.2) is 0 Å². The van der Waals surface area contributed by atoms with E-state index in [0.717, 1.165) is 0 Å². The monoisotopic (exact) mass is 188 g/mol. The van der Waals surface area contributed by atoms with E-state index in [4.69, 9.17) is 0 Å². The fraction of sp³-hybridized carbons (Fsp3) is 0.500. The van der Waals surface area contributed by atoms with Crippen molar-refractivity contribution in [1.29, 1.82) is 0 Å². The van der Waals surface area contributed by atoms with E-state index in [1.165, 1.54) is 0 Å². The fourth-order valence-corrected chi connectivity index (χ4v) is 0.301. The van der Waals surface area contributed by atoms with Gasteiger partial charge in [0.1, 0.15) is 0 Å². The summed E-state index contributed by atoms with van der Waals surface area (Å²) >= 11 is 4.05. The molecule has 0 aromatic heterocycles. The Labute approximate surface area is 93.3 Å². The summed E-state index contributed by atoms with van der Waals surface area (Å²) < 4.78 is 4.24. The van der Waals surface area contributed by atoms with Crippen molar-refractivity contribution in [2.75, 3.05) is 13.2 Å². The molecule has 0 saturated heterocycles. The van der Waals surface area contributed by atoms with Crippen molar-refractivity contribution in [3.63, 3.8) is 0 Å². The van der Waals surface area contributed by atoms with Crippen LogP contribution in [0.1, 0.15) is 0 Å². The molecule has 0 aliphatic heterocycles. The molecule has 6 heteroatoms. The van der Waals surface area contributed by atoms with Gasteiger partial charge in [-0.1, -0.05) is 0 Å². The Kier molecular flexibility index (Phi) is 10.1. The molecular formula is C4H4CaO4S. The van der Waals surface area contributed by atoms with Crippen molar-refractivity contribution >= 4 is 61.5 Å². The number of aliphatic carboxylic acids is 1. The van der Waals surface area contributed by atoms with Crippen LogP contribution in [0.5, 0.6) is 0 Å². The standard InChI is InChI=1S/C4H6O4S.Ca/c5-3(6)1-8-2-4(7)9;/h1-2H2,(H,5,6)(H,7,9);/q;+2/p-2. The Morgan fingerprint density at radius 2 is 1.90 bits per heavy atom. The van der Waals surface area contributed by atoms with Crippen molar-refractivity contribution in [2.24, 2.45) is 0 Å². The van der Waals surface area contributed by atoms with Gasteiger partial charge in [0.2, 0.25) is 0 Å². The third-order valence-electron chi connectivity index (χ3n) is 0.440. The number of rotatable bonds is 4. The van der Waals surface area contributed by atoms with Crippen molar-refractivity contribution in [2.45, 2.75) is 0 Å². The molecule has 0 fully saturated rings. The first kappa shape index (κ1) is 13.2. The van der Waals surface area contributed by atoms with Crippen LogP contribution in [0.3, 0.4) is 0 Å². The zero-order valence-electron chi connectivity index (χ0n) is 5.16. The zero-order chi connectivity index (χ0) is 7.28. The van der Waals surface area contributed by atoms with Crippen molar-refractivity contribution in [3.8, 4) is 0 Å². The molecule has 0 aliphatic rings. The average Bonchev–Trinajstić information content (AvgIpc) is 1.63. The minimum Gasteiger partial charge on any atom is -0.740 e. The first-order chi connectivity index (χ1) is 4.13. The summed E-state index contributed by atoms with van der Waals surface area (Å²) in [6.07, 6.45) is 0. The molecule has 0 rings (SSSR count). The van der Waals surface area contributed by atoms with E-state index in [1.54, 1.807) is 0 Å². The zero-order valence-corrected chi connectivity index (χ0v) is 8.19. The van der Waals surface area contributed by atoms with E-state index in [0.29, 0.717) is 0 Å². The molecule has 0 bridgehead atoms. The molecule has 52 valence electrons. The van der Waals surface area contributed by atoms with E-state index in [1.807, 2.05) is 0 Å². The summed E-state index contributed by atoms with van der Waals surface area (Å²) in [5.74, 6) is -1.36. The van der Waals surface area contributed by atoms with Crippen LogP contribution >= 0.6 is 0 Å². The topological polar surface area (TPSA) is 66.4 Å². The second kappa shape index (κ2) is 7.68. The molecule has 0 spiro atoms. The largest absolute Gasteiger partial charge is 2.00 e. The third-order valence-corrected chi connectivity index (χ3v) is 0.558. The molecule has 10 heavy (non-hydrogen) atoms. The molecular weight excluding hydrogens is 184 g/mol. The fourth-order valence-electron chi connectivity index (χ4n) is 0.218. The van der Waals surface area contributed by atoms with Gasteiger partial charge in [0.25, 0.3) is 0 Å². The van der Waals surface area contributed by atoms with E-state index < -0.39 is 17.7 Å². The van der Waals surface area contributed by atoms with Gasteiger partial charge in [-0.15, -0.1) is 0 Å². The maximum Gasteiger partial charge on any atom is 2.00 e. The van der Waals surface area contributed by atoms with Gasteiger partial charge in [0, 0.05) is 5.12 Å². The molecule has 4 nitrogen and oxygen atoms in total. The van der Waals surface area contributed by atoms with E-state index in [-0.39, 0.29) is 44.3 Å². The SMILES string of the molecule is O=C([O-])COCC(=O)[S-].[Ca+2].